The number of anilines is 1. The Hall–Kier alpha value is -3.03. The standard InChI is InChI=1S/C20H27N3O5/c1-5-6-7-10-23(13-19(24)21-18-11-14(2)28-22-18)20(25)16-9-8-15(26-3)12-17(16)27-4/h8-9,11-12H,5-7,10,13H2,1-4H3,(H,21,22,24). The predicted molar refractivity (Wildman–Crippen MR) is 105 cm³/mol. The van der Waals surface area contributed by atoms with Crippen LogP contribution >= 0.6 is 0 Å². The van der Waals surface area contributed by atoms with Gasteiger partial charge in [0.15, 0.2) is 5.82 Å². The predicted octanol–water partition coefficient (Wildman–Crippen LogP) is 3.27. The Morgan fingerprint density at radius 2 is 1.96 bits per heavy atom. The number of hydrogen-bond acceptors (Lipinski definition) is 6. The number of amides is 2. The Morgan fingerprint density at radius 3 is 2.57 bits per heavy atom. The number of methoxy groups -OCH3 is 2. The summed E-state index contributed by atoms with van der Waals surface area (Å²) in [6.07, 6.45) is 2.78. The van der Waals surface area contributed by atoms with Gasteiger partial charge in [0, 0.05) is 18.7 Å². The number of ether oxygens (including phenoxy) is 2. The number of nitrogens with zero attached hydrogens (tertiary/aromatic N) is 2. The fraction of sp³-hybridized carbons (Fsp3) is 0.450. The Labute approximate surface area is 164 Å². The Kier molecular flexibility index (Phi) is 7.86. The third-order valence-electron chi connectivity index (χ3n) is 4.19. The van der Waals surface area contributed by atoms with Crippen LogP contribution in [0.4, 0.5) is 5.82 Å². The van der Waals surface area contributed by atoms with Crippen LogP contribution in [0.25, 0.3) is 0 Å². The lowest BCUT2D eigenvalue weighted by atomic mass is 10.1. The van der Waals surface area contributed by atoms with Gasteiger partial charge in [-0.1, -0.05) is 24.9 Å². The molecule has 2 aromatic rings. The van der Waals surface area contributed by atoms with Crippen LogP contribution in [0.2, 0.25) is 0 Å². The second-order valence-corrected chi connectivity index (χ2v) is 6.37. The van der Waals surface area contributed by atoms with Crippen LogP contribution in [-0.2, 0) is 4.79 Å². The molecule has 0 aliphatic heterocycles. The van der Waals surface area contributed by atoms with E-state index in [1.54, 1.807) is 38.3 Å². The van der Waals surface area contributed by atoms with Crippen molar-refractivity contribution in [3.63, 3.8) is 0 Å². The summed E-state index contributed by atoms with van der Waals surface area (Å²) in [7, 11) is 3.04. The lowest BCUT2D eigenvalue weighted by molar-refractivity contribution is -0.117. The molecular weight excluding hydrogens is 362 g/mol. The summed E-state index contributed by atoms with van der Waals surface area (Å²) < 4.78 is 15.5. The molecule has 2 rings (SSSR count). The zero-order valence-corrected chi connectivity index (χ0v) is 16.8. The van der Waals surface area contributed by atoms with Crippen molar-refractivity contribution in [3.05, 3.63) is 35.6 Å². The van der Waals surface area contributed by atoms with Gasteiger partial charge < -0.3 is 24.2 Å². The molecule has 152 valence electrons. The van der Waals surface area contributed by atoms with E-state index < -0.39 is 0 Å². The molecule has 0 saturated carbocycles. The number of unbranched alkanes of at least 4 members (excludes halogenated alkanes) is 2. The molecule has 1 aromatic heterocycles. The first-order valence-corrected chi connectivity index (χ1v) is 9.23. The minimum absolute atomic E-state index is 0.0936. The molecular formula is C20H27N3O5. The maximum Gasteiger partial charge on any atom is 0.258 e. The van der Waals surface area contributed by atoms with Crippen LogP contribution in [0, 0.1) is 6.92 Å². The first-order valence-electron chi connectivity index (χ1n) is 9.23. The zero-order valence-electron chi connectivity index (χ0n) is 16.8. The van der Waals surface area contributed by atoms with Gasteiger partial charge in [-0.3, -0.25) is 9.59 Å². The van der Waals surface area contributed by atoms with Crippen molar-refractivity contribution in [2.24, 2.45) is 0 Å². The van der Waals surface area contributed by atoms with Crippen LogP contribution < -0.4 is 14.8 Å². The summed E-state index contributed by atoms with van der Waals surface area (Å²) in [5.41, 5.74) is 0.380. The van der Waals surface area contributed by atoms with Gasteiger partial charge in [-0.05, 0) is 25.5 Å². The van der Waals surface area contributed by atoms with E-state index in [0.29, 0.717) is 35.2 Å². The Balaban J connectivity index is 2.16. The molecule has 0 aliphatic rings. The molecule has 1 heterocycles. The van der Waals surface area contributed by atoms with Crippen molar-refractivity contribution in [1.82, 2.24) is 10.1 Å². The lowest BCUT2D eigenvalue weighted by Crippen LogP contribution is -2.39. The third-order valence-corrected chi connectivity index (χ3v) is 4.19. The first-order chi connectivity index (χ1) is 13.5. The highest BCUT2D eigenvalue weighted by Crippen LogP contribution is 2.26. The van der Waals surface area contributed by atoms with E-state index >= 15 is 0 Å². The van der Waals surface area contributed by atoms with Gasteiger partial charge in [-0.25, -0.2) is 0 Å². The molecule has 28 heavy (non-hydrogen) atoms. The summed E-state index contributed by atoms with van der Waals surface area (Å²) in [6.45, 7) is 4.19. The van der Waals surface area contributed by atoms with Crippen molar-refractivity contribution in [2.75, 3.05) is 32.6 Å². The molecule has 0 bridgehead atoms. The molecule has 0 unspecified atom stereocenters. The van der Waals surface area contributed by atoms with Gasteiger partial charge in [-0.15, -0.1) is 0 Å². The van der Waals surface area contributed by atoms with E-state index in [-0.39, 0.29) is 18.4 Å². The van der Waals surface area contributed by atoms with Crippen molar-refractivity contribution < 1.29 is 23.6 Å². The summed E-state index contributed by atoms with van der Waals surface area (Å²) in [4.78, 5) is 27.0. The van der Waals surface area contributed by atoms with Crippen molar-refractivity contribution >= 4 is 17.6 Å². The maximum absolute atomic E-state index is 13.1. The van der Waals surface area contributed by atoms with Gasteiger partial charge in [0.25, 0.3) is 5.91 Å². The van der Waals surface area contributed by atoms with Gasteiger partial charge in [-0.2, -0.15) is 0 Å². The van der Waals surface area contributed by atoms with Crippen LogP contribution in [0.15, 0.2) is 28.8 Å². The van der Waals surface area contributed by atoms with Crippen molar-refractivity contribution in [1.29, 1.82) is 0 Å². The number of rotatable bonds is 10. The van der Waals surface area contributed by atoms with E-state index in [2.05, 4.69) is 17.4 Å². The molecule has 0 fully saturated rings. The lowest BCUT2D eigenvalue weighted by Gasteiger charge is -2.23. The second kappa shape index (κ2) is 10.3. The fourth-order valence-corrected chi connectivity index (χ4v) is 2.73. The summed E-state index contributed by atoms with van der Waals surface area (Å²) in [5, 5.41) is 6.39. The van der Waals surface area contributed by atoms with Crippen molar-refractivity contribution in [2.45, 2.75) is 33.1 Å². The maximum atomic E-state index is 13.1. The van der Waals surface area contributed by atoms with Crippen LogP contribution in [0.1, 0.15) is 42.3 Å². The van der Waals surface area contributed by atoms with Gasteiger partial charge in [0.2, 0.25) is 5.91 Å². The quantitative estimate of drug-likeness (QED) is 0.627. The number of aryl methyl sites for hydroxylation is 1. The molecule has 8 heteroatoms. The van der Waals surface area contributed by atoms with E-state index in [4.69, 9.17) is 14.0 Å². The Morgan fingerprint density at radius 1 is 1.18 bits per heavy atom. The average molecular weight is 389 g/mol. The molecule has 1 N–H and O–H groups in total. The molecule has 1 aromatic carbocycles. The topological polar surface area (TPSA) is 93.9 Å². The molecule has 2 amide bonds. The highest BCUT2D eigenvalue weighted by Gasteiger charge is 2.22. The van der Waals surface area contributed by atoms with Crippen LogP contribution in [0.3, 0.4) is 0 Å². The number of carbonyl (C=O) groups is 2. The van der Waals surface area contributed by atoms with Gasteiger partial charge >= 0.3 is 0 Å². The van der Waals surface area contributed by atoms with E-state index in [1.165, 1.54) is 12.0 Å². The fourth-order valence-electron chi connectivity index (χ4n) is 2.73. The molecule has 8 nitrogen and oxygen atoms in total. The minimum Gasteiger partial charge on any atom is -0.497 e. The highest BCUT2D eigenvalue weighted by atomic mass is 16.5. The third kappa shape index (κ3) is 5.73. The monoisotopic (exact) mass is 389 g/mol. The average Bonchev–Trinajstić information content (AvgIpc) is 3.10. The molecule has 0 aliphatic carbocycles. The first kappa shape index (κ1) is 21.3. The van der Waals surface area contributed by atoms with Crippen LogP contribution in [0.5, 0.6) is 11.5 Å². The smallest absolute Gasteiger partial charge is 0.258 e. The van der Waals surface area contributed by atoms with E-state index in [9.17, 15) is 9.59 Å². The normalized spacial score (nSPS) is 10.4. The molecule has 0 atom stereocenters. The largest absolute Gasteiger partial charge is 0.497 e. The van der Waals surface area contributed by atoms with Crippen LogP contribution in [-0.4, -0.2) is 49.2 Å². The number of aromatic nitrogens is 1. The number of benzene rings is 1. The highest BCUT2D eigenvalue weighted by molar-refractivity contribution is 6.00. The summed E-state index contributed by atoms with van der Waals surface area (Å²) in [5.74, 6) is 1.29. The number of hydrogen-bond donors (Lipinski definition) is 1. The SMILES string of the molecule is CCCCCN(CC(=O)Nc1cc(C)on1)C(=O)c1ccc(OC)cc1OC. The van der Waals surface area contributed by atoms with Gasteiger partial charge in [0.05, 0.1) is 19.8 Å². The summed E-state index contributed by atoms with van der Waals surface area (Å²) in [6, 6.07) is 6.60. The van der Waals surface area contributed by atoms with E-state index in [1.807, 2.05) is 0 Å². The zero-order chi connectivity index (χ0) is 20.5. The number of nitrogens with one attached hydrogen (secondary N) is 1. The second-order valence-electron chi connectivity index (χ2n) is 6.37. The number of carbonyl (C=O) groups excluding carboxylic acids is 2. The van der Waals surface area contributed by atoms with Gasteiger partial charge in [0.1, 0.15) is 23.8 Å². The molecule has 0 saturated heterocycles. The summed E-state index contributed by atoms with van der Waals surface area (Å²) >= 11 is 0. The minimum atomic E-state index is -0.342. The van der Waals surface area contributed by atoms with Crippen molar-refractivity contribution in [3.8, 4) is 11.5 Å². The molecule has 0 spiro atoms. The van der Waals surface area contributed by atoms with E-state index in [0.717, 1.165) is 19.3 Å². The molecule has 0 radical (unpaired) electrons. The Bertz CT molecular complexity index is 803.